The molecule has 220 valence electrons. The molecular formula is C31H56N2O5. The Morgan fingerprint density at radius 2 is 1.55 bits per heavy atom. The van der Waals surface area contributed by atoms with Crippen LogP contribution in [0.1, 0.15) is 126 Å². The molecular weight excluding hydrogens is 480 g/mol. The first-order valence-corrected chi connectivity index (χ1v) is 14.6. The van der Waals surface area contributed by atoms with Crippen molar-refractivity contribution in [2.24, 2.45) is 23.5 Å². The number of ketones is 2. The monoisotopic (exact) mass is 536 g/mol. The number of nitrogens with one attached hydrogen (secondary N) is 1. The molecule has 7 heteroatoms. The van der Waals surface area contributed by atoms with Gasteiger partial charge in [0.2, 0.25) is 11.8 Å². The van der Waals surface area contributed by atoms with Gasteiger partial charge in [0.05, 0.1) is 11.6 Å². The zero-order valence-electron chi connectivity index (χ0n) is 25.5. The number of hydrogen-bond acceptors (Lipinski definition) is 5. The maximum absolute atomic E-state index is 12.2. The lowest BCUT2D eigenvalue weighted by atomic mass is 9.96. The molecule has 0 radical (unpaired) electrons. The van der Waals surface area contributed by atoms with E-state index in [9.17, 15) is 19.2 Å². The second-order valence-electron chi connectivity index (χ2n) is 12.0. The van der Waals surface area contributed by atoms with Gasteiger partial charge in [0, 0.05) is 24.8 Å². The van der Waals surface area contributed by atoms with E-state index in [4.69, 9.17) is 4.74 Å². The number of primary amides is 1. The zero-order chi connectivity index (χ0) is 29.5. The third kappa shape index (κ3) is 16.7. The fourth-order valence-electron chi connectivity index (χ4n) is 4.50. The van der Waals surface area contributed by atoms with Crippen LogP contribution in [0.5, 0.6) is 0 Å². The number of carbonyl (C=O) groups is 4. The van der Waals surface area contributed by atoms with Gasteiger partial charge in [-0.3, -0.25) is 19.2 Å². The Morgan fingerprint density at radius 1 is 1.03 bits per heavy atom. The topological polar surface area (TPSA) is 116 Å². The second kappa shape index (κ2) is 18.3. The normalized spacial score (nSPS) is 17.6. The van der Waals surface area contributed by atoms with Crippen LogP contribution in [0.2, 0.25) is 0 Å². The average Bonchev–Trinajstić information content (AvgIpc) is 3.47. The molecule has 38 heavy (non-hydrogen) atoms. The number of unbranched alkanes of at least 4 members (excludes halogenated alkanes) is 1. The van der Waals surface area contributed by atoms with E-state index in [2.05, 4.69) is 24.6 Å². The van der Waals surface area contributed by atoms with Gasteiger partial charge in [-0.15, -0.1) is 0 Å². The molecule has 0 aromatic heterocycles. The standard InChI is InChI=1S/C17H29NO2.C12H22O2.C2H5NO/c1-5-7-8-12(3)17(20)18-15(11-14-9-10-14)13(4)16(19)6-2;1-9(13)11(14-12(2,3)4)10-7-5-6-8-10;1-2(3)4/h12,14-15H,4-11H2,1-3H3,(H,18,20);10-11H,5-8H2,1-4H3;1H3,(H2,3,4). The fourth-order valence-corrected chi connectivity index (χ4v) is 4.50. The number of rotatable bonds is 13. The molecule has 0 aromatic carbocycles. The lowest BCUT2D eigenvalue weighted by Crippen LogP contribution is -2.41. The van der Waals surface area contributed by atoms with Crippen LogP contribution in [0.4, 0.5) is 0 Å². The molecule has 2 aliphatic carbocycles. The summed E-state index contributed by atoms with van der Waals surface area (Å²) in [6.07, 6.45) is 11.5. The summed E-state index contributed by atoms with van der Waals surface area (Å²) in [5, 5.41) is 3.05. The van der Waals surface area contributed by atoms with Crippen LogP contribution in [0, 0.1) is 17.8 Å². The summed E-state index contributed by atoms with van der Waals surface area (Å²) in [5.74, 6) is 1.12. The first kappa shape index (κ1) is 36.0. The molecule has 0 saturated heterocycles. The number of amides is 2. The number of nitrogens with two attached hydrogens (primary N) is 1. The minimum absolute atomic E-state index is 0.0150. The Hall–Kier alpha value is -2.02. The van der Waals surface area contributed by atoms with Gasteiger partial charge in [0.1, 0.15) is 6.10 Å². The van der Waals surface area contributed by atoms with Crippen LogP contribution in [0.3, 0.4) is 0 Å². The second-order valence-corrected chi connectivity index (χ2v) is 12.0. The highest BCUT2D eigenvalue weighted by atomic mass is 16.5. The van der Waals surface area contributed by atoms with Crippen molar-refractivity contribution in [1.29, 1.82) is 0 Å². The number of carbonyl (C=O) groups excluding carboxylic acids is 4. The first-order valence-electron chi connectivity index (χ1n) is 14.6. The molecule has 0 aromatic rings. The van der Waals surface area contributed by atoms with E-state index in [0.29, 0.717) is 23.8 Å². The van der Waals surface area contributed by atoms with E-state index >= 15 is 0 Å². The summed E-state index contributed by atoms with van der Waals surface area (Å²) >= 11 is 0. The van der Waals surface area contributed by atoms with Crippen LogP contribution >= 0.6 is 0 Å². The van der Waals surface area contributed by atoms with Gasteiger partial charge in [-0.1, -0.05) is 65.9 Å². The maximum Gasteiger partial charge on any atom is 0.223 e. The number of Topliss-reactive ketones (excluding diaryl/α,β-unsaturated/α-hetero) is 2. The summed E-state index contributed by atoms with van der Waals surface area (Å²) in [7, 11) is 0. The van der Waals surface area contributed by atoms with Gasteiger partial charge >= 0.3 is 0 Å². The highest BCUT2D eigenvalue weighted by Gasteiger charge is 2.32. The summed E-state index contributed by atoms with van der Waals surface area (Å²) < 4.78 is 5.83. The maximum atomic E-state index is 12.2. The molecule has 0 bridgehead atoms. The van der Waals surface area contributed by atoms with Gasteiger partial charge in [0.25, 0.3) is 0 Å². The number of ether oxygens (including phenoxy) is 1. The van der Waals surface area contributed by atoms with Crippen molar-refractivity contribution in [2.75, 3.05) is 0 Å². The van der Waals surface area contributed by atoms with Crippen LogP contribution < -0.4 is 11.1 Å². The number of hydrogen-bond donors (Lipinski definition) is 2. The Bertz CT molecular complexity index is 757. The third-order valence-electron chi connectivity index (χ3n) is 6.83. The predicted octanol–water partition coefficient (Wildman–Crippen LogP) is 6.07. The molecule has 0 spiro atoms. The summed E-state index contributed by atoms with van der Waals surface area (Å²) in [4.78, 5) is 44.7. The molecule has 2 amide bonds. The van der Waals surface area contributed by atoms with Crippen molar-refractivity contribution in [3.63, 3.8) is 0 Å². The Labute approximate surface area is 232 Å². The van der Waals surface area contributed by atoms with E-state index in [1.54, 1.807) is 6.92 Å². The van der Waals surface area contributed by atoms with Crippen molar-refractivity contribution >= 4 is 23.4 Å². The highest BCUT2D eigenvalue weighted by Crippen LogP contribution is 2.35. The van der Waals surface area contributed by atoms with E-state index in [1.807, 2.05) is 34.6 Å². The van der Waals surface area contributed by atoms with Crippen LogP contribution in [-0.2, 0) is 23.9 Å². The Morgan fingerprint density at radius 3 is 1.95 bits per heavy atom. The third-order valence-corrected chi connectivity index (χ3v) is 6.83. The van der Waals surface area contributed by atoms with E-state index in [0.717, 1.165) is 38.5 Å². The minimum atomic E-state index is -0.333. The average molecular weight is 537 g/mol. The molecule has 2 aliphatic rings. The molecule has 2 saturated carbocycles. The van der Waals surface area contributed by atoms with E-state index in [1.165, 1.54) is 32.6 Å². The predicted molar refractivity (Wildman–Crippen MR) is 155 cm³/mol. The van der Waals surface area contributed by atoms with Crippen LogP contribution in [0.15, 0.2) is 12.2 Å². The SMILES string of the molecule is C=C(C(=O)CC)C(CC1CC1)NC(=O)C(C)CCCC.CC(=O)C(OC(C)(C)C)C1CCCC1.CC(N)=O. The van der Waals surface area contributed by atoms with Crippen molar-refractivity contribution in [3.05, 3.63) is 12.2 Å². The Kier molecular flexibility index (Phi) is 17.3. The molecule has 7 nitrogen and oxygen atoms in total. The van der Waals surface area contributed by atoms with Crippen molar-refractivity contribution in [1.82, 2.24) is 5.32 Å². The van der Waals surface area contributed by atoms with Gasteiger partial charge in [-0.25, -0.2) is 0 Å². The summed E-state index contributed by atoms with van der Waals surface area (Å²) in [6.45, 7) is 18.8. The quantitative estimate of drug-likeness (QED) is 0.277. The molecule has 3 N–H and O–H groups in total. The van der Waals surface area contributed by atoms with Crippen molar-refractivity contribution in [2.45, 2.75) is 144 Å². The molecule has 0 heterocycles. The largest absolute Gasteiger partial charge is 0.370 e. The van der Waals surface area contributed by atoms with Gasteiger partial charge in [0.15, 0.2) is 11.6 Å². The Balaban J connectivity index is 0.000000660. The van der Waals surface area contributed by atoms with Gasteiger partial charge < -0.3 is 15.8 Å². The van der Waals surface area contributed by atoms with E-state index in [-0.39, 0.29) is 47.0 Å². The molecule has 2 rings (SSSR count). The fraction of sp³-hybridized carbons (Fsp3) is 0.806. The lowest BCUT2D eigenvalue weighted by molar-refractivity contribution is -0.144. The lowest BCUT2D eigenvalue weighted by Gasteiger charge is -2.29. The minimum Gasteiger partial charge on any atom is -0.370 e. The van der Waals surface area contributed by atoms with Crippen molar-refractivity contribution < 1.29 is 23.9 Å². The summed E-state index contributed by atoms with van der Waals surface area (Å²) in [6, 6.07) is -0.161. The van der Waals surface area contributed by atoms with Gasteiger partial charge in [-0.2, -0.15) is 0 Å². The van der Waals surface area contributed by atoms with Crippen LogP contribution in [0.25, 0.3) is 0 Å². The van der Waals surface area contributed by atoms with Crippen LogP contribution in [-0.4, -0.2) is 41.1 Å². The molecule has 3 atom stereocenters. The van der Waals surface area contributed by atoms with Crippen molar-refractivity contribution in [3.8, 4) is 0 Å². The smallest absolute Gasteiger partial charge is 0.223 e. The molecule has 3 unspecified atom stereocenters. The molecule has 2 fully saturated rings. The summed E-state index contributed by atoms with van der Waals surface area (Å²) in [5.41, 5.74) is 4.84. The zero-order valence-corrected chi connectivity index (χ0v) is 25.5. The first-order chi connectivity index (χ1) is 17.6. The van der Waals surface area contributed by atoms with E-state index < -0.39 is 0 Å². The molecule has 0 aliphatic heterocycles. The van der Waals surface area contributed by atoms with Gasteiger partial charge in [-0.05, 0) is 65.2 Å². The highest BCUT2D eigenvalue weighted by molar-refractivity contribution is 5.96.